The maximum absolute atomic E-state index is 12.4. The van der Waals surface area contributed by atoms with E-state index in [1.165, 1.54) is 0 Å². The number of nitrogens with zero attached hydrogens (tertiary/aromatic N) is 1. The Bertz CT molecular complexity index is 1070. The summed E-state index contributed by atoms with van der Waals surface area (Å²) >= 11 is 12.9. The van der Waals surface area contributed by atoms with Crippen molar-refractivity contribution < 1.29 is 23.9 Å². The third kappa shape index (κ3) is 5.72. The first-order valence-corrected chi connectivity index (χ1v) is 10.7. The van der Waals surface area contributed by atoms with Crippen LogP contribution >= 0.6 is 35.0 Å². The quantitative estimate of drug-likeness (QED) is 0.558. The maximum Gasteiger partial charge on any atom is 0.294 e. The van der Waals surface area contributed by atoms with Crippen LogP contribution in [0.25, 0.3) is 6.08 Å². The van der Waals surface area contributed by atoms with Crippen molar-refractivity contribution in [2.24, 2.45) is 5.73 Å². The van der Waals surface area contributed by atoms with Crippen LogP contribution in [0.5, 0.6) is 11.5 Å². The molecule has 162 valence electrons. The van der Waals surface area contributed by atoms with E-state index >= 15 is 0 Å². The lowest BCUT2D eigenvalue weighted by Crippen LogP contribution is -2.36. The van der Waals surface area contributed by atoms with Crippen molar-refractivity contribution in [1.29, 1.82) is 0 Å². The summed E-state index contributed by atoms with van der Waals surface area (Å²) in [5, 5.41) is 0.488. The number of thioether (sulfide) groups is 1. The standard InChI is InChI=1S/C21H18Cl2N2O5S/c1-2-29-17-7-12(8-18-20(27)25(10-19(24)26)21(28)31-18)3-6-16(17)30-11-13-4-5-14(22)9-15(13)23/h3-9H,2,10-11H2,1H3,(H2,24,26)/b18-8-. The van der Waals surface area contributed by atoms with Gasteiger partial charge in [0.25, 0.3) is 11.1 Å². The molecule has 0 spiro atoms. The van der Waals surface area contributed by atoms with Crippen LogP contribution in [0, 0.1) is 0 Å². The average molecular weight is 481 g/mol. The molecule has 1 saturated heterocycles. The van der Waals surface area contributed by atoms with Gasteiger partial charge in [-0.3, -0.25) is 19.3 Å². The van der Waals surface area contributed by atoms with Gasteiger partial charge in [0.15, 0.2) is 11.5 Å². The molecule has 2 aromatic rings. The van der Waals surface area contributed by atoms with Crippen LogP contribution < -0.4 is 15.2 Å². The lowest BCUT2D eigenvalue weighted by Gasteiger charge is -2.13. The van der Waals surface area contributed by atoms with Crippen molar-refractivity contribution in [3.63, 3.8) is 0 Å². The summed E-state index contributed by atoms with van der Waals surface area (Å²) in [7, 11) is 0. The van der Waals surface area contributed by atoms with Crippen molar-refractivity contribution in [2.75, 3.05) is 13.2 Å². The summed E-state index contributed by atoms with van der Waals surface area (Å²) in [6, 6.07) is 10.3. The highest BCUT2D eigenvalue weighted by Gasteiger charge is 2.35. The number of hydrogen-bond acceptors (Lipinski definition) is 6. The Morgan fingerprint density at radius 1 is 1.13 bits per heavy atom. The van der Waals surface area contributed by atoms with Gasteiger partial charge in [0.05, 0.1) is 11.5 Å². The van der Waals surface area contributed by atoms with Gasteiger partial charge >= 0.3 is 0 Å². The molecule has 0 aliphatic carbocycles. The van der Waals surface area contributed by atoms with Gasteiger partial charge in [-0.25, -0.2) is 0 Å². The van der Waals surface area contributed by atoms with Gasteiger partial charge in [0, 0.05) is 15.6 Å². The predicted molar refractivity (Wildman–Crippen MR) is 120 cm³/mol. The largest absolute Gasteiger partial charge is 0.490 e. The van der Waals surface area contributed by atoms with Crippen molar-refractivity contribution in [1.82, 2.24) is 4.90 Å². The summed E-state index contributed by atoms with van der Waals surface area (Å²) in [4.78, 5) is 36.4. The zero-order chi connectivity index (χ0) is 22.5. The SMILES string of the molecule is CCOc1cc(/C=C2\SC(=O)N(CC(N)=O)C2=O)ccc1OCc1ccc(Cl)cc1Cl. The van der Waals surface area contributed by atoms with E-state index in [4.69, 9.17) is 38.4 Å². The van der Waals surface area contributed by atoms with E-state index in [1.807, 2.05) is 6.92 Å². The zero-order valence-corrected chi connectivity index (χ0v) is 18.7. The number of benzene rings is 2. The highest BCUT2D eigenvalue weighted by atomic mass is 35.5. The molecule has 1 fully saturated rings. The normalized spacial score (nSPS) is 14.9. The molecule has 0 bridgehead atoms. The lowest BCUT2D eigenvalue weighted by atomic mass is 10.1. The monoisotopic (exact) mass is 480 g/mol. The number of amides is 3. The molecule has 2 aromatic carbocycles. The van der Waals surface area contributed by atoms with E-state index in [2.05, 4.69) is 0 Å². The van der Waals surface area contributed by atoms with Crippen LogP contribution in [-0.4, -0.2) is 35.1 Å². The van der Waals surface area contributed by atoms with Crippen LogP contribution in [0.15, 0.2) is 41.3 Å². The Hall–Kier alpha value is -2.68. The molecule has 1 aliphatic rings. The number of carbonyl (C=O) groups excluding carboxylic acids is 3. The Morgan fingerprint density at radius 3 is 2.58 bits per heavy atom. The van der Waals surface area contributed by atoms with E-state index < -0.39 is 23.6 Å². The molecule has 10 heteroatoms. The molecule has 31 heavy (non-hydrogen) atoms. The minimum Gasteiger partial charge on any atom is -0.490 e. The van der Waals surface area contributed by atoms with Crippen molar-refractivity contribution >= 4 is 58.1 Å². The highest BCUT2D eigenvalue weighted by Crippen LogP contribution is 2.35. The molecule has 0 saturated carbocycles. The van der Waals surface area contributed by atoms with Crippen molar-refractivity contribution in [2.45, 2.75) is 13.5 Å². The van der Waals surface area contributed by atoms with Crippen molar-refractivity contribution in [3.8, 4) is 11.5 Å². The van der Waals surface area contributed by atoms with Crippen LogP contribution in [0.4, 0.5) is 4.79 Å². The minimum absolute atomic E-state index is 0.190. The molecule has 0 unspecified atom stereocenters. The van der Waals surface area contributed by atoms with Crippen LogP contribution in [0.1, 0.15) is 18.1 Å². The first-order valence-electron chi connectivity index (χ1n) is 9.15. The second-order valence-corrected chi connectivity index (χ2v) is 8.23. The van der Waals surface area contributed by atoms with Gasteiger partial charge in [-0.1, -0.05) is 35.3 Å². The van der Waals surface area contributed by atoms with Gasteiger partial charge in [-0.15, -0.1) is 0 Å². The number of carbonyl (C=O) groups is 3. The second kappa shape index (κ2) is 10.1. The fourth-order valence-electron chi connectivity index (χ4n) is 2.74. The minimum atomic E-state index is -0.760. The van der Waals surface area contributed by atoms with Crippen molar-refractivity contribution in [3.05, 3.63) is 62.5 Å². The molecule has 7 nitrogen and oxygen atoms in total. The van der Waals surface area contributed by atoms with Gasteiger partial charge in [-0.05, 0) is 54.6 Å². The summed E-state index contributed by atoms with van der Waals surface area (Å²) < 4.78 is 11.5. The average Bonchev–Trinajstić information content (AvgIpc) is 2.96. The Morgan fingerprint density at radius 2 is 1.90 bits per heavy atom. The topological polar surface area (TPSA) is 98.9 Å². The number of primary amides is 1. The molecular weight excluding hydrogens is 463 g/mol. The number of hydrogen-bond donors (Lipinski definition) is 1. The third-order valence-corrected chi connectivity index (χ3v) is 5.65. The van der Waals surface area contributed by atoms with Gasteiger partial charge in [0.1, 0.15) is 13.2 Å². The van der Waals surface area contributed by atoms with Gasteiger partial charge < -0.3 is 15.2 Å². The molecule has 0 atom stereocenters. The van der Waals surface area contributed by atoms with Crippen LogP contribution in [0.2, 0.25) is 10.0 Å². The molecule has 1 heterocycles. The lowest BCUT2D eigenvalue weighted by molar-refractivity contribution is -0.127. The van der Waals surface area contributed by atoms with Crippen LogP contribution in [0.3, 0.4) is 0 Å². The molecule has 3 amide bonds. The zero-order valence-electron chi connectivity index (χ0n) is 16.4. The Kier molecular flexibility index (Phi) is 7.48. The smallest absolute Gasteiger partial charge is 0.294 e. The summed E-state index contributed by atoms with van der Waals surface area (Å²) in [6.45, 7) is 1.99. The Labute approximate surface area is 193 Å². The van der Waals surface area contributed by atoms with E-state index in [9.17, 15) is 14.4 Å². The molecule has 0 aromatic heterocycles. The first kappa shape index (κ1) is 23.0. The molecule has 1 aliphatic heterocycles. The van der Waals surface area contributed by atoms with Gasteiger partial charge in [0.2, 0.25) is 5.91 Å². The number of nitrogens with two attached hydrogens (primary N) is 1. The predicted octanol–water partition coefficient (Wildman–Crippen LogP) is 4.49. The van der Waals surface area contributed by atoms with E-state index in [1.54, 1.807) is 42.5 Å². The summed E-state index contributed by atoms with van der Waals surface area (Å²) in [5.41, 5.74) is 6.49. The highest BCUT2D eigenvalue weighted by molar-refractivity contribution is 8.18. The number of rotatable bonds is 8. The number of halogens is 2. The maximum atomic E-state index is 12.4. The van der Waals surface area contributed by atoms with Crippen LogP contribution in [-0.2, 0) is 16.2 Å². The summed E-state index contributed by atoms with van der Waals surface area (Å²) in [6.07, 6.45) is 1.55. The van der Waals surface area contributed by atoms with E-state index in [0.717, 1.165) is 22.2 Å². The molecule has 3 rings (SSSR count). The fourth-order valence-corrected chi connectivity index (χ4v) is 4.04. The summed E-state index contributed by atoms with van der Waals surface area (Å²) in [5.74, 6) is -0.363. The fraction of sp³-hybridized carbons (Fsp3) is 0.190. The van der Waals surface area contributed by atoms with E-state index in [0.29, 0.717) is 33.7 Å². The van der Waals surface area contributed by atoms with E-state index in [-0.39, 0.29) is 11.5 Å². The number of ether oxygens (including phenoxy) is 2. The number of imide groups is 1. The Balaban J connectivity index is 1.80. The first-order chi connectivity index (χ1) is 14.8. The molecule has 2 N–H and O–H groups in total. The molecule has 0 radical (unpaired) electrons. The van der Waals surface area contributed by atoms with Gasteiger partial charge in [-0.2, -0.15) is 0 Å². The second-order valence-electron chi connectivity index (χ2n) is 6.40. The molecular formula is C21H18Cl2N2O5S. The third-order valence-electron chi connectivity index (χ3n) is 4.15.